The van der Waals surface area contributed by atoms with Gasteiger partial charge in [-0.15, -0.1) is 10.2 Å². The van der Waals surface area contributed by atoms with Crippen LogP contribution in [-0.2, 0) is 4.79 Å². The van der Waals surface area contributed by atoms with Gasteiger partial charge < -0.3 is 5.32 Å². The molecule has 0 aliphatic carbocycles. The van der Waals surface area contributed by atoms with Gasteiger partial charge in [0.1, 0.15) is 0 Å². The first-order chi connectivity index (χ1) is 11.0. The van der Waals surface area contributed by atoms with Gasteiger partial charge in [-0.3, -0.25) is 19.0 Å². The van der Waals surface area contributed by atoms with E-state index in [0.717, 1.165) is 16.8 Å². The van der Waals surface area contributed by atoms with Gasteiger partial charge in [-0.2, -0.15) is 0 Å². The quantitative estimate of drug-likeness (QED) is 0.712. The highest BCUT2D eigenvalue weighted by Crippen LogP contribution is 2.19. The number of aromatic nitrogens is 4. The van der Waals surface area contributed by atoms with Gasteiger partial charge in [-0.25, -0.2) is 0 Å². The van der Waals surface area contributed by atoms with Crippen molar-refractivity contribution in [1.29, 1.82) is 0 Å². The zero-order valence-corrected chi connectivity index (χ0v) is 13.5. The summed E-state index contributed by atoms with van der Waals surface area (Å²) in [5.41, 5.74) is 2.75. The van der Waals surface area contributed by atoms with Gasteiger partial charge in [0.15, 0.2) is 5.16 Å². The number of fused-ring (bicyclic) bond motifs is 1. The summed E-state index contributed by atoms with van der Waals surface area (Å²) in [4.78, 5) is 25.9. The van der Waals surface area contributed by atoms with E-state index in [1.165, 1.54) is 17.8 Å². The number of rotatable bonds is 4. The van der Waals surface area contributed by atoms with E-state index in [2.05, 4.69) is 20.5 Å². The molecule has 23 heavy (non-hydrogen) atoms. The molecule has 2 aromatic heterocycles. The van der Waals surface area contributed by atoms with E-state index in [4.69, 9.17) is 0 Å². The Morgan fingerprint density at radius 2 is 2.13 bits per heavy atom. The van der Waals surface area contributed by atoms with Crippen LogP contribution in [0.3, 0.4) is 0 Å². The van der Waals surface area contributed by atoms with E-state index in [1.807, 2.05) is 32.0 Å². The van der Waals surface area contributed by atoms with Crippen LogP contribution in [0, 0.1) is 13.8 Å². The summed E-state index contributed by atoms with van der Waals surface area (Å²) in [5, 5.41) is 11.3. The third-order valence-electron chi connectivity index (χ3n) is 3.49. The van der Waals surface area contributed by atoms with Gasteiger partial charge in [-0.1, -0.05) is 23.9 Å². The standard InChI is InChI=1S/C15H15N5O2S/c1-9-4-3-5-11(10(9)2)16-13(22)8-23-15-19-18-14-17-12(21)6-7-20(14)15/h3-7H,8H2,1-2H3,(H,16,22)(H,17,18,21). The molecule has 7 nitrogen and oxygen atoms in total. The van der Waals surface area contributed by atoms with E-state index in [9.17, 15) is 9.59 Å². The molecule has 2 N–H and O–H groups in total. The van der Waals surface area contributed by atoms with E-state index in [1.54, 1.807) is 10.6 Å². The number of aryl methyl sites for hydroxylation is 1. The normalized spacial score (nSPS) is 10.9. The lowest BCUT2D eigenvalue weighted by Crippen LogP contribution is -2.15. The predicted molar refractivity (Wildman–Crippen MR) is 88.9 cm³/mol. The summed E-state index contributed by atoms with van der Waals surface area (Å²) in [6, 6.07) is 7.18. The number of nitrogens with zero attached hydrogens (tertiary/aromatic N) is 3. The summed E-state index contributed by atoms with van der Waals surface area (Å²) < 4.78 is 1.64. The zero-order chi connectivity index (χ0) is 16.4. The van der Waals surface area contributed by atoms with Crippen molar-refractivity contribution in [3.8, 4) is 0 Å². The Morgan fingerprint density at radius 3 is 2.96 bits per heavy atom. The van der Waals surface area contributed by atoms with Crippen molar-refractivity contribution in [3.63, 3.8) is 0 Å². The number of aromatic amines is 1. The molecule has 0 saturated heterocycles. The van der Waals surface area contributed by atoms with Gasteiger partial charge in [0.2, 0.25) is 11.7 Å². The second kappa shape index (κ2) is 6.25. The van der Waals surface area contributed by atoms with Crippen molar-refractivity contribution in [2.45, 2.75) is 19.0 Å². The number of carbonyl (C=O) groups is 1. The van der Waals surface area contributed by atoms with Crippen LogP contribution in [0.2, 0.25) is 0 Å². The van der Waals surface area contributed by atoms with Gasteiger partial charge in [-0.05, 0) is 31.0 Å². The molecule has 0 aliphatic rings. The average Bonchev–Trinajstić information content (AvgIpc) is 2.92. The van der Waals surface area contributed by atoms with Gasteiger partial charge in [0.05, 0.1) is 5.75 Å². The Balaban J connectivity index is 1.68. The first-order valence-electron chi connectivity index (χ1n) is 6.97. The number of hydrogen-bond acceptors (Lipinski definition) is 5. The molecule has 0 fully saturated rings. The van der Waals surface area contributed by atoms with Crippen molar-refractivity contribution >= 4 is 29.1 Å². The van der Waals surface area contributed by atoms with Crippen LogP contribution < -0.4 is 10.9 Å². The van der Waals surface area contributed by atoms with Crippen LogP contribution in [0.5, 0.6) is 0 Å². The highest BCUT2D eigenvalue weighted by molar-refractivity contribution is 7.99. The third-order valence-corrected chi connectivity index (χ3v) is 4.43. The maximum Gasteiger partial charge on any atom is 0.252 e. The van der Waals surface area contributed by atoms with Crippen molar-refractivity contribution in [2.75, 3.05) is 11.1 Å². The fourth-order valence-electron chi connectivity index (χ4n) is 2.09. The SMILES string of the molecule is Cc1cccc(NC(=O)CSc2nnc3[nH]c(=O)ccn23)c1C. The fraction of sp³-hybridized carbons (Fsp3) is 0.200. The predicted octanol–water partition coefficient (Wildman–Crippen LogP) is 1.77. The summed E-state index contributed by atoms with van der Waals surface area (Å²) in [5.74, 6) is 0.438. The van der Waals surface area contributed by atoms with Crippen molar-refractivity contribution in [3.05, 3.63) is 51.9 Å². The van der Waals surface area contributed by atoms with Crippen molar-refractivity contribution < 1.29 is 4.79 Å². The smallest absolute Gasteiger partial charge is 0.252 e. The molecule has 3 rings (SSSR count). The molecule has 0 radical (unpaired) electrons. The molecule has 1 aromatic carbocycles. The van der Waals surface area contributed by atoms with E-state index in [0.29, 0.717) is 10.9 Å². The summed E-state index contributed by atoms with van der Waals surface area (Å²) in [7, 11) is 0. The van der Waals surface area contributed by atoms with Crippen molar-refractivity contribution in [2.24, 2.45) is 0 Å². The molecule has 0 aliphatic heterocycles. The Hall–Kier alpha value is -2.61. The van der Waals surface area contributed by atoms with Gasteiger partial charge in [0, 0.05) is 18.0 Å². The van der Waals surface area contributed by atoms with Crippen LogP contribution in [0.1, 0.15) is 11.1 Å². The zero-order valence-electron chi connectivity index (χ0n) is 12.7. The van der Waals surface area contributed by atoms with Gasteiger partial charge >= 0.3 is 0 Å². The topological polar surface area (TPSA) is 92.2 Å². The molecule has 0 atom stereocenters. The minimum Gasteiger partial charge on any atom is -0.325 e. The van der Waals surface area contributed by atoms with Crippen LogP contribution in [0.4, 0.5) is 5.69 Å². The number of H-pyrrole nitrogens is 1. The van der Waals surface area contributed by atoms with E-state index >= 15 is 0 Å². The minimum absolute atomic E-state index is 0.120. The molecule has 0 unspecified atom stereocenters. The summed E-state index contributed by atoms with van der Waals surface area (Å²) in [6.45, 7) is 3.98. The molecular formula is C15H15N5O2S. The number of carbonyl (C=O) groups excluding carboxylic acids is 1. The Morgan fingerprint density at radius 1 is 1.30 bits per heavy atom. The number of nitrogens with one attached hydrogen (secondary N) is 2. The maximum absolute atomic E-state index is 12.1. The number of amides is 1. The van der Waals surface area contributed by atoms with E-state index in [-0.39, 0.29) is 17.2 Å². The lowest BCUT2D eigenvalue weighted by Gasteiger charge is -2.09. The Labute approximate surface area is 136 Å². The largest absolute Gasteiger partial charge is 0.325 e. The third kappa shape index (κ3) is 3.26. The maximum atomic E-state index is 12.1. The second-order valence-electron chi connectivity index (χ2n) is 5.07. The molecule has 3 aromatic rings. The number of benzene rings is 1. The van der Waals surface area contributed by atoms with Crippen molar-refractivity contribution in [1.82, 2.24) is 19.6 Å². The molecule has 8 heteroatoms. The molecule has 0 saturated carbocycles. The lowest BCUT2D eigenvalue weighted by molar-refractivity contribution is -0.113. The molecule has 118 valence electrons. The number of hydrogen-bond donors (Lipinski definition) is 2. The van der Waals surface area contributed by atoms with Crippen LogP contribution in [0.25, 0.3) is 5.78 Å². The van der Waals surface area contributed by atoms with Crippen LogP contribution >= 0.6 is 11.8 Å². The fourth-order valence-corrected chi connectivity index (χ4v) is 2.81. The number of anilines is 1. The van der Waals surface area contributed by atoms with Crippen LogP contribution in [-0.4, -0.2) is 31.2 Å². The summed E-state index contributed by atoms with van der Waals surface area (Å²) in [6.07, 6.45) is 1.58. The Bertz CT molecular complexity index is 931. The van der Waals surface area contributed by atoms with E-state index < -0.39 is 0 Å². The highest BCUT2D eigenvalue weighted by atomic mass is 32.2. The first kappa shape index (κ1) is 15.3. The van der Waals surface area contributed by atoms with Gasteiger partial charge in [0.25, 0.3) is 5.56 Å². The molecule has 2 heterocycles. The molecule has 1 amide bonds. The summed E-state index contributed by atoms with van der Waals surface area (Å²) >= 11 is 1.26. The number of thioether (sulfide) groups is 1. The molecule has 0 bridgehead atoms. The first-order valence-corrected chi connectivity index (χ1v) is 7.96. The molecular weight excluding hydrogens is 314 g/mol. The van der Waals surface area contributed by atoms with Crippen LogP contribution in [0.15, 0.2) is 40.4 Å². The lowest BCUT2D eigenvalue weighted by atomic mass is 10.1. The Kier molecular flexibility index (Phi) is 4.16. The second-order valence-corrected chi connectivity index (χ2v) is 6.01. The monoisotopic (exact) mass is 329 g/mol. The average molecular weight is 329 g/mol. The molecule has 0 spiro atoms. The highest BCUT2D eigenvalue weighted by Gasteiger charge is 2.11. The minimum atomic E-state index is -0.242.